The van der Waals surface area contributed by atoms with Gasteiger partial charge in [-0.25, -0.2) is 4.98 Å². The zero-order valence-electron chi connectivity index (χ0n) is 12.8. The predicted molar refractivity (Wildman–Crippen MR) is 98.2 cm³/mol. The first-order valence-corrected chi connectivity index (χ1v) is 8.71. The van der Waals surface area contributed by atoms with Crippen LogP contribution in [0.4, 0.5) is 5.13 Å². The van der Waals surface area contributed by atoms with Crippen LogP contribution in [-0.2, 0) is 0 Å². The van der Waals surface area contributed by atoms with Gasteiger partial charge in [-0.1, -0.05) is 41.1 Å². The van der Waals surface area contributed by atoms with Crippen molar-refractivity contribution in [2.75, 3.05) is 11.4 Å². The van der Waals surface area contributed by atoms with Crippen molar-refractivity contribution in [2.24, 2.45) is 0 Å². The van der Waals surface area contributed by atoms with E-state index in [9.17, 15) is 4.79 Å². The SMILES string of the molecule is CCN(C(=O)c1cc2ccccc2o1)c1nc2cc(Cl)ccc2s1. The Labute approximate surface area is 147 Å². The number of aromatic nitrogens is 1. The van der Waals surface area contributed by atoms with Crippen LogP contribution in [0.2, 0.25) is 5.02 Å². The van der Waals surface area contributed by atoms with Gasteiger partial charge in [0.2, 0.25) is 0 Å². The fraction of sp³-hybridized carbons (Fsp3) is 0.111. The second-order valence-electron chi connectivity index (χ2n) is 5.31. The van der Waals surface area contributed by atoms with Crippen LogP contribution >= 0.6 is 22.9 Å². The first-order valence-electron chi connectivity index (χ1n) is 7.52. The zero-order valence-corrected chi connectivity index (χ0v) is 14.4. The van der Waals surface area contributed by atoms with E-state index in [0.717, 1.165) is 15.6 Å². The summed E-state index contributed by atoms with van der Waals surface area (Å²) in [5, 5.41) is 2.18. The Balaban J connectivity index is 1.74. The molecule has 0 saturated heterocycles. The van der Waals surface area contributed by atoms with Crippen LogP contribution in [-0.4, -0.2) is 17.4 Å². The smallest absolute Gasteiger partial charge is 0.295 e. The minimum absolute atomic E-state index is 0.196. The third kappa shape index (κ3) is 2.56. The molecule has 2 aromatic heterocycles. The van der Waals surface area contributed by atoms with Crippen molar-refractivity contribution in [1.82, 2.24) is 4.98 Å². The molecule has 0 spiro atoms. The average molecular weight is 357 g/mol. The Kier molecular flexibility index (Phi) is 3.75. The topological polar surface area (TPSA) is 46.3 Å². The second-order valence-corrected chi connectivity index (χ2v) is 6.75. The maximum absolute atomic E-state index is 12.9. The number of furan rings is 1. The highest BCUT2D eigenvalue weighted by molar-refractivity contribution is 7.22. The third-order valence-corrected chi connectivity index (χ3v) is 5.06. The van der Waals surface area contributed by atoms with Gasteiger partial charge in [0.1, 0.15) is 5.58 Å². The monoisotopic (exact) mass is 356 g/mol. The molecule has 0 fully saturated rings. The summed E-state index contributed by atoms with van der Waals surface area (Å²) in [7, 11) is 0. The van der Waals surface area contributed by atoms with Gasteiger partial charge in [-0.05, 0) is 37.3 Å². The Morgan fingerprint density at radius 2 is 2.08 bits per heavy atom. The molecule has 6 heteroatoms. The van der Waals surface area contributed by atoms with E-state index in [2.05, 4.69) is 4.98 Å². The highest BCUT2D eigenvalue weighted by Gasteiger charge is 2.23. The maximum Gasteiger partial charge on any atom is 0.295 e. The summed E-state index contributed by atoms with van der Waals surface area (Å²) < 4.78 is 6.68. The van der Waals surface area contributed by atoms with Crippen LogP contribution in [0.25, 0.3) is 21.2 Å². The van der Waals surface area contributed by atoms with Crippen LogP contribution in [0.15, 0.2) is 52.9 Å². The molecule has 4 aromatic rings. The molecule has 24 heavy (non-hydrogen) atoms. The average Bonchev–Trinajstić information content (AvgIpc) is 3.18. The number of amides is 1. The Hall–Kier alpha value is -2.37. The number of halogens is 1. The number of anilines is 1. The molecule has 2 heterocycles. The van der Waals surface area contributed by atoms with Crippen LogP contribution < -0.4 is 4.90 Å². The number of hydrogen-bond acceptors (Lipinski definition) is 4. The summed E-state index contributed by atoms with van der Waals surface area (Å²) in [5.41, 5.74) is 1.49. The number of carbonyl (C=O) groups is 1. The summed E-state index contributed by atoms with van der Waals surface area (Å²) in [4.78, 5) is 19.0. The van der Waals surface area contributed by atoms with Crippen molar-refractivity contribution in [2.45, 2.75) is 6.92 Å². The molecule has 0 aliphatic carbocycles. The van der Waals surface area contributed by atoms with Gasteiger partial charge in [-0.2, -0.15) is 0 Å². The van der Waals surface area contributed by atoms with Crippen LogP contribution in [0.3, 0.4) is 0 Å². The van der Waals surface area contributed by atoms with Gasteiger partial charge in [0.25, 0.3) is 5.91 Å². The summed E-state index contributed by atoms with van der Waals surface area (Å²) in [6.45, 7) is 2.42. The molecule has 0 aliphatic rings. The number of hydrogen-bond donors (Lipinski definition) is 0. The number of fused-ring (bicyclic) bond motifs is 2. The Bertz CT molecular complexity index is 1020. The molecule has 2 aromatic carbocycles. The normalized spacial score (nSPS) is 11.2. The molecule has 0 radical (unpaired) electrons. The number of carbonyl (C=O) groups excluding carboxylic acids is 1. The summed E-state index contributed by atoms with van der Waals surface area (Å²) >= 11 is 7.48. The number of rotatable bonds is 3. The molecule has 0 atom stereocenters. The minimum Gasteiger partial charge on any atom is -0.451 e. The second kappa shape index (κ2) is 5.92. The zero-order chi connectivity index (χ0) is 16.7. The standard InChI is InChI=1S/C18H13ClN2O2S/c1-2-21(18-20-13-10-12(19)7-8-16(13)24-18)17(22)15-9-11-5-3-4-6-14(11)23-15/h3-10H,2H2,1H3. The van der Waals surface area contributed by atoms with E-state index in [1.165, 1.54) is 11.3 Å². The van der Waals surface area contributed by atoms with Crippen molar-refractivity contribution >= 4 is 55.2 Å². The lowest BCUT2D eigenvalue weighted by Crippen LogP contribution is -2.30. The molecule has 4 nitrogen and oxygen atoms in total. The number of nitrogens with zero attached hydrogens (tertiary/aromatic N) is 2. The fourth-order valence-electron chi connectivity index (χ4n) is 2.59. The molecule has 4 rings (SSSR count). The third-order valence-electron chi connectivity index (χ3n) is 3.77. The van der Waals surface area contributed by atoms with E-state index in [0.29, 0.717) is 28.0 Å². The van der Waals surface area contributed by atoms with Crippen molar-refractivity contribution in [3.8, 4) is 0 Å². The van der Waals surface area contributed by atoms with Gasteiger partial charge in [0.05, 0.1) is 10.2 Å². The van der Waals surface area contributed by atoms with Gasteiger partial charge in [-0.3, -0.25) is 9.69 Å². The highest BCUT2D eigenvalue weighted by atomic mass is 35.5. The summed E-state index contributed by atoms with van der Waals surface area (Å²) in [6, 6.07) is 14.9. The van der Waals surface area contributed by atoms with E-state index >= 15 is 0 Å². The molecule has 120 valence electrons. The molecular weight excluding hydrogens is 344 g/mol. The fourth-order valence-corrected chi connectivity index (χ4v) is 3.76. The van der Waals surface area contributed by atoms with Gasteiger partial charge in [0, 0.05) is 17.0 Å². The Morgan fingerprint density at radius 1 is 1.25 bits per heavy atom. The van der Waals surface area contributed by atoms with Crippen LogP contribution in [0.1, 0.15) is 17.5 Å². The molecule has 0 bridgehead atoms. The Morgan fingerprint density at radius 3 is 2.88 bits per heavy atom. The van der Waals surface area contributed by atoms with E-state index in [1.54, 1.807) is 17.0 Å². The van der Waals surface area contributed by atoms with Crippen LogP contribution in [0, 0.1) is 0 Å². The van der Waals surface area contributed by atoms with Crippen molar-refractivity contribution in [3.05, 3.63) is 59.3 Å². The molecular formula is C18H13ClN2O2S. The lowest BCUT2D eigenvalue weighted by Gasteiger charge is -2.15. The number of para-hydroxylation sites is 1. The van der Waals surface area contributed by atoms with Gasteiger partial charge in [-0.15, -0.1) is 0 Å². The van der Waals surface area contributed by atoms with E-state index < -0.39 is 0 Å². The predicted octanol–water partition coefficient (Wildman–Crippen LogP) is 5.36. The maximum atomic E-state index is 12.9. The quantitative estimate of drug-likeness (QED) is 0.496. The summed E-state index contributed by atoms with van der Waals surface area (Å²) in [6.07, 6.45) is 0. The molecule has 0 saturated carbocycles. The van der Waals surface area contributed by atoms with Crippen molar-refractivity contribution in [1.29, 1.82) is 0 Å². The molecule has 0 N–H and O–H groups in total. The lowest BCUT2D eigenvalue weighted by atomic mass is 10.2. The molecule has 1 amide bonds. The van der Waals surface area contributed by atoms with Crippen LogP contribution in [0.5, 0.6) is 0 Å². The highest BCUT2D eigenvalue weighted by Crippen LogP contribution is 2.31. The van der Waals surface area contributed by atoms with Gasteiger partial charge in [0.15, 0.2) is 10.9 Å². The van der Waals surface area contributed by atoms with E-state index in [4.69, 9.17) is 16.0 Å². The van der Waals surface area contributed by atoms with E-state index in [-0.39, 0.29) is 5.91 Å². The first kappa shape index (κ1) is 15.2. The van der Waals surface area contributed by atoms with Crippen molar-refractivity contribution in [3.63, 3.8) is 0 Å². The first-order chi connectivity index (χ1) is 11.7. The molecule has 0 aliphatic heterocycles. The lowest BCUT2D eigenvalue weighted by molar-refractivity contribution is 0.0964. The van der Waals surface area contributed by atoms with Crippen molar-refractivity contribution < 1.29 is 9.21 Å². The minimum atomic E-state index is -0.196. The number of thiazole rings is 1. The largest absolute Gasteiger partial charge is 0.451 e. The van der Waals surface area contributed by atoms with Gasteiger partial charge >= 0.3 is 0 Å². The van der Waals surface area contributed by atoms with Gasteiger partial charge < -0.3 is 4.42 Å². The summed E-state index contributed by atoms with van der Waals surface area (Å²) in [5.74, 6) is 0.120. The van der Waals surface area contributed by atoms with E-state index in [1.807, 2.05) is 43.3 Å². The number of benzene rings is 2. The molecule has 0 unspecified atom stereocenters.